The van der Waals surface area contributed by atoms with Crippen LogP contribution in [0, 0.1) is 12.3 Å². The molecule has 0 spiro atoms. The van der Waals surface area contributed by atoms with Gasteiger partial charge < -0.3 is 5.32 Å². The van der Waals surface area contributed by atoms with Gasteiger partial charge in [-0.1, -0.05) is 62.4 Å². The first-order chi connectivity index (χ1) is 12.3. The highest BCUT2D eigenvalue weighted by Gasteiger charge is 2.15. The number of carbonyl (C=O) groups excluding carboxylic acids is 1. The molecule has 1 amide bonds. The summed E-state index contributed by atoms with van der Waals surface area (Å²) in [4.78, 5) is 12.1. The zero-order valence-corrected chi connectivity index (χ0v) is 16.9. The molecule has 1 N–H and O–H groups in total. The molecule has 0 aliphatic rings. The van der Waals surface area contributed by atoms with Crippen LogP contribution in [0.1, 0.15) is 32.8 Å². The minimum Gasteiger partial charge on any atom is -0.355 e. The largest absolute Gasteiger partial charge is 0.355 e. The van der Waals surface area contributed by atoms with Crippen molar-refractivity contribution in [3.63, 3.8) is 0 Å². The Morgan fingerprint density at radius 3 is 2.77 bits per heavy atom. The van der Waals surface area contributed by atoms with Crippen molar-refractivity contribution in [2.75, 3.05) is 12.3 Å². The second kappa shape index (κ2) is 9.03. The highest BCUT2D eigenvalue weighted by atomic mass is 32.2. The molecular formula is C20H28N4OS. The van der Waals surface area contributed by atoms with Crippen LogP contribution in [0.2, 0.25) is 0 Å². The maximum absolute atomic E-state index is 12.1. The standard InChI is InChI=1S/C20H28N4OS/c1-6-12-24-18(16-9-7-8-15(2)13-16)22-23-19(24)26-14-17(25)21-11-10-20(3,4)5/h6-9,13H,1,10-12,14H2,2-5H3,(H,21,25). The molecule has 0 fully saturated rings. The third-order valence-corrected chi connectivity index (χ3v) is 4.80. The first-order valence-electron chi connectivity index (χ1n) is 8.81. The maximum Gasteiger partial charge on any atom is 0.230 e. The van der Waals surface area contributed by atoms with E-state index in [0.29, 0.717) is 18.8 Å². The van der Waals surface area contributed by atoms with Crippen molar-refractivity contribution < 1.29 is 4.79 Å². The Kier molecular flexibility index (Phi) is 7.03. The Morgan fingerprint density at radius 2 is 2.12 bits per heavy atom. The molecule has 140 valence electrons. The van der Waals surface area contributed by atoms with Gasteiger partial charge in [0.2, 0.25) is 5.91 Å². The molecule has 0 atom stereocenters. The van der Waals surface area contributed by atoms with Crippen molar-refractivity contribution in [2.24, 2.45) is 5.41 Å². The number of benzene rings is 1. The number of amides is 1. The summed E-state index contributed by atoms with van der Waals surface area (Å²) in [5.41, 5.74) is 2.40. The molecule has 2 aromatic rings. The molecule has 2 rings (SSSR count). The molecule has 26 heavy (non-hydrogen) atoms. The van der Waals surface area contributed by atoms with Crippen LogP contribution >= 0.6 is 11.8 Å². The lowest BCUT2D eigenvalue weighted by molar-refractivity contribution is -0.118. The fraction of sp³-hybridized carbons (Fsp3) is 0.450. The third kappa shape index (κ3) is 6.02. The molecular weight excluding hydrogens is 344 g/mol. The van der Waals surface area contributed by atoms with Gasteiger partial charge in [0.1, 0.15) is 0 Å². The zero-order chi connectivity index (χ0) is 19.2. The lowest BCUT2D eigenvalue weighted by atomic mass is 9.92. The maximum atomic E-state index is 12.1. The van der Waals surface area contributed by atoms with Crippen molar-refractivity contribution in [3.05, 3.63) is 42.5 Å². The number of aryl methyl sites for hydroxylation is 1. The van der Waals surface area contributed by atoms with Crippen LogP contribution in [-0.4, -0.2) is 33.0 Å². The Bertz CT molecular complexity index is 761. The number of hydrogen-bond donors (Lipinski definition) is 1. The Labute approximate surface area is 160 Å². The van der Waals surface area contributed by atoms with E-state index in [1.54, 1.807) is 0 Å². The molecule has 1 aromatic heterocycles. The Morgan fingerprint density at radius 1 is 1.35 bits per heavy atom. The van der Waals surface area contributed by atoms with Crippen molar-refractivity contribution in [2.45, 2.75) is 45.8 Å². The minimum absolute atomic E-state index is 0.0181. The van der Waals surface area contributed by atoms with E-state index in [2.05, 4.69) is 61.9 Å². The number of thioether (sulfide) groups is 1. The number of carbonyl (C=O) groups is 1. The normalized spacial score (nSPS) is 11.4. The van der Waals surface area contributed by atoms with Crippen molar-refractivity contribution in [1.82, 2.24) is 20.1 Å². The van der Waals surface area contributed by atoms with Gasteiger partial charge in [0.05, 0.1) is 5.75 Å². The number of rotatable bonds is 8. The van der Waals surface area contributed by atoms with Gasteiger partial charge in [0, 0.05) is 18.7 Å². The molecule has 0 saturated heterocycles. The van der Waals surface area contributed by atoms with E-state index in [0.717, 1.165) is 23.0 Å². The number of nitrogens with one attached hydrogen (secondary N) is 1. The first kappa shape index (κ1) is 20.2. The zero-order valence-electron chi connectivity index (χ0n) is 16.1. The molecule has 0 unspecified atom stereocenters. The molecule has 0 radical (unpaired) electrons. The van der Waals surface area contributed by atoms with Gasteiger partial charge in [0.15, 0.2) is 11.0 Å². The predicted molar refractivity (Wildman–Crippen MR) is 108 cm³/mol. The molecule has 6 heteroatoms. The smallest absolute Gasteiger partial charge is 0.230 e. The van der Waals surface area contributed by atoms with Crippen molar-refractivity contribution in [3.8, 4) is 11.4 Å². The first-order valence-corrected chi connectivity index (χ1v) is 9.79. The lowest BCUT2D eigenvalue weighted by Gasteiger charge is -2.17. The van der Waals surface area contributed by atoms with Gasteiger partial charge in [-0.2, -0.15) is 0 Å². The van der Waals surface area contributed by atoms with Gasteiger partial charge in [-0.25, -0.2) is 0 Å². The predicted octanol–water partition coefficient (Wildman–Crippen LogP) is 4.08. The quantitative estimate of drug-likeness (QED) is 0.560. The summed E-state index contributed by atoms with van der Waals surface area (Å²) < 4.78 is 1.99. The summed E-state index contributed by atoms with van der Waals surface area (Å²) in [7, 11) is 0. The van der Waals surface area contributed by atoms with Crippen LogP contribution in [0.5, 0.6) is 0 Å². The lowest BCUT2D eigenvalue weighted by Crippen LogP contribution is -2.28. The molecule has 0 saturated carbocycles. The van der Waals surface area contributed by atoms with E-state index in [4.69, 9.17) is 0 Å². The van der Waals surface area contributed by atoms with Crippen molar-refractivity contribution >= 4 is 17.7 Å². The molecule has 0 aliphatic carbocycles. The molecule has 0 bridgehead atoms. The monoisotopic (exact) mass is 372 g/mol. The van der Waals surface area contributed by atoms with Gasteiger partial charge in [-0.15, -0.1) is 16.8 Å². The summed E-state index contributed by atoms with van der Waals surface area (Å²) in [6.07, 6.45) is 2.77. The molecule has 5 nitrogen and oxygen atoms in total. The van der Waals surface area contributed by atoms with E-state index >= 15 is 0 Å². The summed E-state index contributed by atoms with van der Waals surface area (Å²) in [5.74, 6) is 1.14. The summed E-state index contributed by atoms with van der Waals surface area (Å²) in [5, 5.41) is 12.3. The highest BCUT2D eigenvalue weighted by molar-refractivity contribution is 7.99. The number of aromatic nitrogens is 3. The second-order valence-corrected chi connectivity index (χ2v) is 8.47. The van der Waals surface area contributed by atoms with Crippen LogP contribution < -0.4 is 5.32 Å². The van der Waals surface area contributed by atoms with E-state index in [9.17, 15) is 4.79 Å². The van der Waals surface area contributed by atoms with Crippen LogP contribution in [0.25, 0.3) is 11.4 Å². The number of nitrogens with zero attached hydrogens (tertiary/aromatic N) is 3. The SMILES string of the molecule is C=CCn1c(SCC(=O)NCCC(C)(C)C)nnc1-c1cccc(C)c1. The fourth-order valence-corrected chi connectivity index (χ4v) is 3.22. The highest BCUT2D eigenvalue weighted by Crippen LogP contribution is 2.24. The van der Waals surface area contributed by atoms with Crippen LogP contribution in [0.3, 0.4) is 0 Å². The van der Waals surface area contributed by atoms with Gasteiger partial charge >= 0.3 is 0 Å². The average Bonchev–Trinajstić information content (AvgIpc) is 2.95. The van der Waals surface area contributed by atoms with Gasteiger partial charge in [-0.3, -0.25) is 9.36 Å². The van der Waals surface area contributed by atoms with Gasteiger partial charge in [-0.05, 0) is 24.8 Å². The topological polar surface area (TPSA) is 59.8 Å². The summed E-state index contributed by atoms with van der Waals surface area (Å²) in [6, 6.07) is 8.16. The van der Waals surface area contributed by atoms with Crippen LogP contribution in [-0.2, 0) is 11.3 Å². The van der Waals surface area contributed by atoms with E-state index < -0.39 is 0 Å². The van der Waals surface area contributed by atoms with E-state index in [-0.39, 0.29) is 11.3 Å². The molecule has 1 heterocycles. The number of hydrogen-bond acceptors (Lipinski definition) is 4. The molecule has 1 aromatic carbocycles. The van der Waals surface area contributed by atoms with Crippen LogP contribution in [0.4, 0.5) is 0 Å². The fourth-order valence-electron chi connectivity index (χ4n) is 2.44. The van der Waals surface area contributed by atoms with E-state index in [1.807, 2.05) is 22.8 Å². The number of allylic oxidation sites excluding steroid dienone is 1. The Balaban J connectivity index is 2.03. The Hall–Kier alpha value is -2.08. The van der Waals surface area contributed by atoms with Crippen LogP contribution in [0.15, 0.2) is 42.1 Å². The van der Waals surface area contributed by atoms with Gasteiger partial charge in [0.25, 0.3) is 0 Å². The summed E-state index contributed by atoms with van der Waals surface area (Å²) >= 11 is 1.40. The minimum atomic E-state index is 0.0181. The van der Waals surface area contributed by atoms with Crippen molar-refractivity contribution in [1.29, 1.82) is 0 Å². The second-order valence-electron chi connectivity index (χ2n) is 7.52. The molecule has 0 aliphatic heterocycles. The third-order valence-electron chi connectivity index (χ3n) is 3.83. The summed E-state index contributed by atoms with van der Waals surface area (Å²) in [6.45, 7) is 13.7. The van der Waals surface area contributed by atoms with E-state index in [1.165, 1.54) is 17.3 Å². The average molecular weight is 373 g/mol.